The fraction of sp³-hybridized carbons (Fsp3) is 0.364. The molecule has 1 aromatic carbocycles. The predicted molar refractivity (Wildman–Crippen MR) is 172 cm³/mol. The van der Waals surface area contributed by atoms with Gasteiger partial charge in [0.25, 0.3) is 5.91 Å². The Morgan fingerprint density at radius 2 is 1.80 bits per heavy atom. The van der Waals surface area contributed by atoms with Gasteiger partial charge in [-0.15, -0.1) is 5.10 Å². The summed E-state index contributed by atoms with van der Waals surface area (Å²) in [6.45, 7) is 8.35. The molecule has 13 nitrogen and oxygen atoms in total. The number of Topliss-reactive ketones (excluding diaryl/α,β-unsaturated/α-hetero) is 1. The van der Waals surface area contributed by atoms with Crippen LogP contribution >= 0.6 is 0 Å². The molecule has 1 N–H and O–H groups in total. The van der Waals surface area contributed by atoms with Crippen molar-refractivity contribution in [2.24, 2.45) is 5.41 Å². The predicted octanol–water partition coefficient (Wildman–Crippen LogP) is 6.44. The molecule has 0 bridgehead atoms. The first-order valence-electron chi connectivity index (χ1n) is 15.1. The summed E-state index contributed by atoms with van der Waals surface area (Å²) in [5, 5.41) is 7.32. The van der Waals surface area contributed by atoms with Crippen molar-refractivity contribution in [1.29, 1.82) is 0 Å². The number of hydrogen-bond donors (Lipinski definition) is 1. The second-order valence-electron chi connectivity index (χ2n) is 13.1. The second kappa shape index (κ2) is 12.8. The van der Waals surface area contributed by atoms with Gasteiger partial charge in [-0.3, -0.25) is 24.2 Å². The lowest BCUT2D eigenvalue weighted by Gasteiger charge is -2.27. The van der Waals surface area contributed by atoms with E-state index in [1.54, 1.807) is 24.3 Å². The Balaban J connectivity index is 1.43. The van der Waals surface area contributed by atoms with E-state index in [0.717, 1.165) is 12.3 Å². The van der Waals surface area contributed by atoms with E-state index in [0.29, 0.717) is 29.1 Å². The van der Waals surface area contributed by atoms with Crippen molar-refractivity contribution in [3.05, 3.63) is 66.3 Å². The van der Waals surface area contributed by atoms with E-state index >= 15 is 0 Å². The number of nitrogens with zero attached hydrogens (tertiary/aromatic N) is 6. The van der Waals surface area contributed by atoms with E-state index in [-0.39, 0.29) is 46.2 Å². The highest BCUT2D eigenvalue weighted by molar-refractivity contribution is 6.07. The molecule has 1 saturated heterocycles. The van der Waals surface area contributed by atoms with Crippen LogP contribution in [0.25, 0.3) is 17.1 Å². The molecule has 1 fully saturated rings. The van der Waals surface area contributed by atoms with Crippen LogP contribution in [0.15, 0.2) is 59.5 Å². The van der Waals surface area contributed by atoms with E-state index in [4.69, 9.17) is 9.15 Å². The molecule has 0 aliphatic carbocycles. The normalized spacial score (nSPS) is 14.6. The highest BCUT2D eigenvalue weighted by atomic mass is 19.4. The molecule has 3 amide bonds. The van der Waals surface area contributed by atoms with Gasteiger partial charge in [0.05, 0.1) is 11.9 Å². The van der Waals surface area contributed by atoms with E-state index in [9.17, 15) is 32.3 Å². The largest absolute Gasteiger partial charge is 0.444 e. The number of ketones is 1. The maximum absolute atomic E-state index is 13.4. The number of aromatic nitrogens is 4. The number of hydrogen-bond acceptors (Lipinski definition) is 9. The highest BCUT2D eigenvalue weighted by Gasteiger charge is 2.41. The lowest BCUT2D eigenvalue weighted by molar-refractivity contribution is -0.124. The molecule has 0 atom stereocenters. The third-order valence-electron chi connectivity index (χ3n) is 7.48. The van der Waals surface area contributed by atoms with E-state index in [2.05, 4.69) is 20.4 Å². The summed E-state index contributed by atoms with van der Waals surface area (Å²) in [5.41, 5.74) is -0.501. The molecular formula is C33H34F3N7O6. The third-order valence-corrected chi connectivity index (χ3v) is 7.48. The number of ether oxygens (including phenoxy) is 1. The summed E-state index contributed by atoms with van der Waals surface area (Å²) < 4.78 is 52.4. The first-order chi connectivity index (χ1) is 22.8. The number of amides is 3. The molecule has 0 unspecified atom stereocenters. The number of carbonyl (C=O) groups excluding carboxylic acids is 4. The number of rotatable bonds is 8. The lowest BCUT2D eigenvalue weighted by Crippen LogP contribution is -2.42. The highest BCUT2D eigenvalue weighted by Crippen LogP contribution is 2.37. The molecule has 49 heavy (non-hydrogen) atoms. The summed E-state index contributed by atoms with van der Waals surface area (Å²) >= 11 is 0. The van der Waals surface area contributed by atoms with Crippen LogP contribution in [0.3, 0.4) is 0 Å². The Kier molecular flexibility index (Phi) is 9.10. The molecule has 258 valence electrons. The zero-order chi connectivity index (χ0) is 35.9. The average molecular weight is 682 g/mol. The molecule has 0 radical (unpaired) electrons. The smallest absolute Gasteiger partial charge is 0.416 e. The van der Waals surface area contributed by atoms with Gasteiger partial charge in [-0.1, -0.05) is 13.8 Å². The quantitative estimate of drug-likeness (QED) is 0.207. The second-order valence-corrected chi connectivity index (χ2v) is 13.1. The fourth-order valence-electron chi connectivity index (χ4n) is 4.93. The first-order valence-corrected chi connectivity index (χ1v) is 15.1. The number of oxazole rings is 1. The van der Waals surface area contributed by atoms with Crippen LogP contribution in [0.4, 0.5) is 35.3 Å². The topological polar surface area (TPSA) is 153 Å². The van der Waals surface area contributed by atoms with Gasteiger partial charge in [0.1, 0.15) is 29.9 Å². The van der Waals surface area contributed by atoms with Crippen molar-refractivity contribution < 1.29 is 41.5 Å². The molecule has 1 aliphatic rings. The van der Waals surface area contributed by atoms with Crippen molar-refractivity contribution in [2.75, 3.05) is 28.2 Å². The number of alkyl halides is 3. The van der Waals surface area contributed by atoms with Crippen LogP contribution in [0.2, 0.25) is 0 Å². The Morgan fingerprint density at radius 1 is 1.10 bits per heavy atom. The summed E-state index contributed by atoms with van der Waals surface area (Å²) in [7, 11) is 0. The van der Waals surface area contributed by atoms with Gasteiger partial charge in [0, 0.05) is 29.3 Å². The first kappa shape index (κ1) is 34.8. The molecule has 1 aliphatic heterocycles. The molecule has 3 aromatic heterocycles. The van der Waals surface area contributed by atoms with Crippen LogP contribution in [-0.4, -0.2) is 68.3 Å². The maximum atomic E-state index is 13.4. The van der Waals surface area contributed by atoms with Crippen LogP contribution in [0.5, 0.6) is 0 Å². The molecular weight excluding hydrogens is 647 g/mol. The van der Waals surface area contributed by atoms with Crippen molar-refractivity contribution >= 4 is 41.0 Å². The molecule has 5 rings (SSSR count). The SMILES string of the molecule is CC(=O)c1ccc(-n2cc(NC(=O)c3coc(-c4ccnc(N(CC(F)(F)F)C(=O)OC(C)(C)C)c4)n3)c(N3CCC(C)(C)C3=O)n2)cc1. The summed E-state index contributed by atoms with van der Waals surface area (Å²) in [5.74, 6) is -1.32. The number of benzene rings is 1. The van der Waals surface area contributed by atoms with Gasteiger partial charge in [0.2, 0.25) is 11.8 Å². The monoisotopic (exact) mass is 681 g/mol. The van der Waals surface area contributed by atoms with Crippen molar-refractivity contribution in [3.63, 3.8) is 0 Å². The van der Waals surface area contributed by atoms with Crippen LogP contribution in [0.1, 0.15) is 68.8 Å². The van der Waals surface area contributed by atoms with Gasteiger partial charge in [-0.2, -0.15) is 13.2 Å². The van der Waals surface area contributed by atoms with Crippen LogP contribution < -0.4 is 15.1 Å². The minimum atomic E-state index is -4.76. The lowest BCUT2D eigenvalue weighted by atomic mass is 9.92. The van der Waals surface area contributed by atoms with Crippen LogP contribution in [0, 0.1) is 5.41 Å². The molecule has 0 spiro atoms. The molecule has 16 heteroatoms. The maximum Gasteiger partial charge on any atom is 0.416 e. The molecule has 4 heterocycles. The van der Waals surface area contributed by atoms with Gasteiger partial charge in [0.15, 0.2) is 17.3 Å². The number of nitrogens with one attached hydrogen (secondary N) is 1. The third kappa shape index (κ3) is 7.96. The standard InChI is InChI=1S/C33H34F3N7O6/c1-19(44)20-7-9-22(10-8-20)43-16-23(26(40-43)41-14-12-32(5,6)29(41)46)38-27(45)24-17-48-28(39-24)21-11-13-37-25(15-21)42(18-33(34,35)36)30(47)49-31(2,3)4/h7-11,13,15-17H,12,14,18H2,1-6H3,(H,38,45). The van der Waals surface area contributed by atoms with Gasteiger partial charge in [-0.05, 0) is 70.5 Å². The van der Waals surface area contributed by atoms with Crippen molar-refractivity contribution in [2.45, 2.75) is 59.7 Å². The summed E-state index contributed by atoms with van der Waals surface area (Å²) in [6, 6.07) is 9.18. The zero-order valence-corrected chi connectivity index (χ0v) is 27.6. The number of carbonyl (C=O) groups is 4. The fourth-order valence-corrected chi connectivity index (χ4v) is 4.93. The van der Waals surface area contributed by atoms with Gasteiger partial charge >= 0.3 is 12.3 Å². The summed E-state index contributed by atoms with van der Waals surface area (Å²) in [6.07, 6.45) is -1.71. The zero-order valence-electron chi connectivity index (χ0n) is 27.6. The Hall–Kier alpha value is -5.54. The van der Waals surface area contributed by atoms with E-state index in [1.165, 1.54) is 55.7 Å². The number of anilines is 3. The van der Waals surface area contributed by atoms with Crippen molar-refractivity contribution in [3.8, 4) is 17.1 Å². The molecule has 0 saturated carbocycles. The van der Waals surface area contributed by atoms with E-state index < -0.39 is 35.7 Å². The Morgan fingerprint density at radius 3 is 2.39 bits per heavy atom. The molecule has 4 aromatic rings. The number of halogens is 3. The van der Waals surface area contributed by atoms with E-state index in [1.807, 2.05) is 13.8 Å². The van der Waals surface area contributed by atoms with Gasteiger partial charge < -0.3 is 14.5 Å². The Bertz CT molecular complexity index is 1910. The van der Waals surface area contributed by atoms with Crippen LogP contribution in [-0.2, 0) is 9.53 Å². The van der Waals surface area contributed by atoms with Gasteiger partial charge in [-0.25, -0.2) is 19.4 Å². The minimum Gasteiger partial charge on any atom is -0.444 e. The Labute approximate surface area is 279 Å². The van der Waals surface area contributed by atoms with Crippen molar-refractivity contribution in [1.82, 2.24) is 19.7 Å². The minimum absolute atomic E-state index is 0.109. The average Bonchev–Trinajstić information content (AvgIpc) is 3.73. The number of pyridine rings is 1. The summed E-state index contributed by atoms with van der Waals surface area (Å²) in [4.78, 5) is 61.1.